The Bertz CT molecular complexity index is 3020. The van der Waals surface area contributed by atoms with Gasteiger partial charge in [0.1, 0.15) is 0 Å². The fourth-order valence-corrected chi connectivity index (χ4v) is 11.6. The van der Waals surface area contributed by atoms with E-state index >= 15 is 0 Å². The molecule has 11 rings (SSSR count). The Labute approximate surface area is 361 Å². The van der Waals surface area contributed by atoms with Gasteiger partial charge in [-0.3, -0.25) is 0 Å². The van der Waals surface area contributed by atoms with Gasteiger partial charge in [0.05, 0.1) is 0 Å². The summed E-state index contributed by atoms with van der Waals surface area (Å²) in [6.07, 6.45) is 10.7. The van der Waals surface area contributed by atoms with E-state index in [9.17, 15) is 0 Å². The van der Waals surface area contributed by atoms with Crippen LogP contribution in [-0.2, 0) is 11.8 Å². The zero-order valence-corrected chi connectivity index (χ0v) is 36.8. The molecule has 0 N–H and O–H groups in total. The van der Waals surface area contributed by atoms with Gasteiger partial charge in [0.25, 0.3) is 0 Å². The van der Waals surface area contributed by atoms with Crippen molar-refractivity contribution in [1.82, 2.24) is 0 Å². The second kappa shape index (κ2) is 15.4. The minimum Gasteiger partial charge on any atom is -0.135 e. The Morgan fingerprint density at radius 2 is 1.23 bits per heavy atom. The molecule has 1 aromatic heterocycles. The summed E-state index contributed by atoms with van der Waals surface area (Å²) in [5.41, 5.74) is 23.8. The van der Waals surface area contributed by atoms with Gasteiger partial charge in [-0.15, -0.1) is 11.3 Å². The molecule has 0 aliphatic heterocycles. The monoisotopic (exact) mass is 794 g/mol. The Kier molecular flexibility index (Phi) is 9.84. The number of allylic oxidation sites excluding steroid dienone is 4. The molecule has 1 heterocycles. The van der Waals surface area contributed by atoms with Crippen LogP contribution in [-0.4, -0.2) is 0 Å². The lowest BCUT2D eigenvalue weighted by Crippen LogP contribution is -2.17. The summed E-state index contributed by atoms with van der Waals surface area (Å²) in [7, 11) is 0. The van der Waals surface area contributed by atoms with Crippen LogP contribution in [0.3, 0.4) is 0 Å². The number of hydrogen-bond acceptors (Lipinski definition) is 1. The first-order valence-corrected chi connectivity index (χ1v) is 22.9. The number of thiophene rings is 1. The third-order valence-corrected chi connectivity index (χ3v) is 14.8. The molecule has 7 aromatic carbocycles. The zero-order valence-electron chi connectivity index (χ0n) is 36.0. The van der Waals surface area contributed by atoms with E-state index in [1.165, 1.54) is 117 Å². The van der Waals surface area contributed by atoms with Gasteiger partial charge >= 0.3 is 0 Å². The summed E-state index contributed by atoms with van der Waals surface area (Å²) in [4.78, 5) is 0. The molecule has 3 aliphatic rings. The molecule has 1 atom stereocenters. The summed E-state index contributed by atoms with van der Waals surface area (Å²) in [6, 6.07) is 52.6. The first kappa shape index (κ1) is 38.4. The van der Waals surface area contributed by atoms with Gasteiger partial charge in [-0.2, -0.15) is 0 Å². The number of fused-ring (bicyclic) bond motifs is 9. The van der Waals surface area contributed by atoms with Gasteiger partial charge in [0.15, 0.2) is 0 Å². The van der Waals surface area contributed by atoms with Crippen LogP contribution in [0, 0.1) is 13.8 Å². The third-order valence-electron chi connectivity index (χ3n) is 13.7. The van der Waals surface area contributed by atoms with Crippen LogP contribution in [0.2, 0.25) is 0 Å². The fraction of sp³-hybridized carbons (Fsp3) is 0.220. The zero-order chi connectivity index (χ0) is 41.1. The lowest BCUT2D eigenvalue weighted by atomic mass is 9.72. The van der Waals surface area contributed by atoms with E-state index in [2.05, 4.69) is 193 Å². The topological polar surface area (TPSA) is 0 Å². The van der Waals surface area contributed by atoms with Crippen molar-refractivity contribution in [3.05, 3.63) is 196 Å². The molecule has 3 aliphatic carbocycles. The largest absolute Gasteiger partial charge is 0.135 e. The minimum absolute atomic E-state index is 0.0517. The molecule has 8 aromatic rings. The first-order chi connectivity index (χ1) is 29.2. The highest BCUT2D eigenvalue weighted by atomic mass is 32.1. The second-order valence-electron chi connectivity index (χ2n) is 18.0. The summed E-state index contributed by atoms with van der Waals surface area (Å²) < 4.78 is 2.70. The highest BCUT2D eigenvalue weighted by Gasteiger charge is 2.40. The van der Waals surface area contributed by atoms with E-state index < -0.39 is 0 Å². The molecule has 0 spiro atoms. The average Bonchev–Trinajstić information content (AvgIpc) is 3.75. The second-order valence-corrected chi connectivity index (χ2v) is 19.1. The van der Waals surface area contributed by atoms with Crippen LogP contribution >= 0.6 is 11.3 Å². The Morgan fingerprint density at radius 1 is 0.600 bits per heavy atom. The van der Waals surface area contributed by atoms with Crippen molar-refractivity contribution < 1.29 is 0 Å². The van der Waals surface area contributed by atoms with Crippen LogP contribution in [0.15, 0.2) is 157 Å². The highest BCUT2D eigenvalue weighted by molar-refractivity contribution is 7.25. The van der Waals surface area contributed by atoms with E-state index in [0.29, 0.717) is 5.92 Å². The molecule has 0 saturated carbocycles. The van der Waals surface area contributed by atoms with Crippen LogP contribution in [0.25, 0.3) is 70.3 Å². The van der Waals surface area contributed by atoms with E-state index in [1.807, 2.05) is 11.3 Å². The lowest BCUT2D eigenvalue weighted by Gasteiger charge is -2.31. The molecule has 0 bridgehead atoms. The van der Waals surface area contributed by atoms with Crippen LogP contribution in [0.1, 0.15) is 98.2 Å². The number of aryl methyl sites for hydroxylation is 3. The van der Waals surface area contributed by atoms with Crippen molar-refractivity contribution in [2.45, 2.75) is 85.0 Å². The predicted octanol–water partition coefficient (Wildman–Crippen LogP) is 17.2. The maximum atomic E-state index is 2.50. The molecule has 1 unspecified atom stereocenters. The molecule has 0 amide bonds. The lowest BCUT2D eigenvalue weighted by molar-refractivity contribution is 0.657. The standard InChI is InChI=1S/C50H42S.C9H12/c1-29-14-16-32(34-19-23-47-43(27-34)38-12-8-9-13-46(38)51-47)25-41(29)42-26-33(17-15-30(42)2)35-18-20-40-45(28-35)50(4,5)44-22-21-39-37-11-7-6-10-36(37)24-31(3)48(39)49(40)44;1-2-6-9-7-4-3-5-8-9/h6,8-10,12-23,25-28,31H,7,11,24H2,1-5H3;3-5,7-8H,2,6H2,1H3. The molecule has 60 heavy (non-hydrogen) atoms. The van der Waals surface area contributed by atoms with Crippen molar-refractivity contribution in [1.29, 1.82) is 0 Å². The summed E-state index contributed by atoms with van der Waals surface area (Å²) in [5.74, 6) is 0.517. The quantitative estimate of drug-likeness (QED) is 0.163. The van der Waals surface area contributed by atoms with Crippen LogP contribution < -0.4 is 0 Å². The van der Waals surface area contributed by atoms with Gasteiger partial charge in [-0.25, -0.2) is 0 Å². The van der Waals surface area contributed by atoms with Gasteiger partial charge in [0, 0.05) is 25.6 Å². The number of benzene rings is 7. The maximum absolute atomic E-state index is 2.50. The molecule has 0 saturated heterocycles. The predicted molar refractivity (Wildman–Crippen MR) is 261 cm³/mol. The van der Waals surface area contributed by atoms with Crippen LogP contribution in [0.5, 0.6) is 0 Å². The van der Waals surface area contributed by atoms with E-state index in [4.69, 9.17) is 0 Å². The van der Waals surface area contributed by atoms with Crippen molar-refractivity contribution >= 4 is 37.1 Å². The molecule has 0 nitrogen and oxygen atoms in total. The first-order valence-electron chi connectivity index (χ1n) is 22.1. The molecular formula is C59H54S. The summed E-state index contributed by atoms with van der Waals surface area (Å²) in [5, 5.41) is 2.69. The minimum atomic E-state index is -0.0517. The SMILES string of the molecule is CCCc1ccccc1.Cc1ccc(-c2ccc3c(c2)C(C)(C)c2ccc4c(c2-3)C(C)CC2=C4CCC=C2)cc1-c1cc(-c2ccc3sc4ccccc4c3c2)ccc1C. The smallest absolute Gasteiger partial charge is 0.0355 e. The van der Waals surface area contributed by atoms with Crippen molar-refractivity contribution in [2.24, 2.45) is 0 Å². The van der Waals surface area contributed by atoms with Gasteiger partial charge in [-0.1, -0.05) is 149 Å². The maximum Gasteiger partial charge on any atom is 0.0355 e. The Balaban J connectivity index is 0.000000429. The Hall–Kier alpha value is -5.76. The Morgan fingerprint density at radius 3 is 1.98 bits per heavy atom. The molecule has 0 radical (unpaired) electrons. The normalized spacial score (nSPS) is 15.9. The fourth-order valence-electron chi connectivity index (χ4n) is 10.5. The van der Waals surface area contributed by atoms with E-state index in [1.54, 1.807) is 16.7 Å². The summed E-state index contributed by atoms with van der Waals surface area (Å²) in [6.45, 7) is 14.0. The van der Waals surface area contributed by atoms with Crippen molar-refractivity contribution in [3.63, 3.8) is 0 Å². The van der Waals surface area contributed by atoms with E-state index in [-0.39, 0.29) is 5.41 Å². The third kappa shape index (κ3) is 6.59. The van der Waals surface area contributed by atoms with Gasteiger partial charge < -0.3 is 0 Å². The number of rotatable bonds is 5. The van der Waals surface area contributed by atoms with Crippen LogP contribution in [0.4, 0.5) is 0 Å². The average molecular weight is 795 g/mol. The molecule has 296 valence electrons. The van der Waals surface area contributed by atoms with E-state index in [0.717, 1.165) is 12.8 Å². The molecule has 1 heteroatoms. The van der Waals surface area contributed by atoms with Gasteiger partial charge in [0.2, 0.25) is 0 Å². The van der Waals surface area contributed by atoms with Gasteiger partial charge in [-0.05, 0) is 176 Å². The molecule has 0 fully saturated rings. The summed E-state index contributed by atoms with van der Waals surface area (Å²) >= 11 is 1.88. The van der Waals surface area contributed by atoms with Crippen molar-refractivity contribution in [2.75, 3.05) is 0 Å². The van der Waals surface area contributed by atoms with Crippen molar-refractivity contribution in [3.8, 4) is 44.5 Å². The number of hydrogen-bond donors (Lipinski definition) is 0. The molecular weight excluding hydrogens is 741 g/mol. The highest BCUT2D eigenvalue weighted by Crippen LogP contribution is 2.56.